The maximum Gasteiger partial charge on any atom is 0.322 e. The molecule has 2 atom stereocenters. The van der Waals surface area contributed by atoms with Crippen molar-refractivity contribution >= 4 is 17.5 Å². The van der Waals surface area contributed by atoms with Crippen LogP contribution in [0.1, 0.15) is 38.2 Å². The average Bonchev–Trinajstić information content (AvgIpc) is 2.74. The van der Waals surface area contributed by atoms with Gasteiger partial charge < -0.3 is 15.0 Å². The number of Topliss-reactive ketones (excluding diaryl/α,β-unsaturated/α-hetero) is 1. The van der Waals surface area contributed by atoms with Gasteiger partial charge in [0.2, 0.25) is 0 Å². The van der Waals surface area contributed by atoms with E-state index in [1.54, 1.807) is 0 Å². The summed E-state index contributed by atoms with van der Waals surface area (Å²) < 4.78 is 5.61. The number of hydrogen-bond donors (Lipinski definition) is 1. The number of carbonyl (C=O) groups excluding carboxylic acids is 2. The minimum absolute atomic E-state index is 0.0623. The lowest BCUT2D eigenvalue weighted by Crippen LogP contribution is -2.48. The molecule has 22 heavy (non-hydrogen) atoms. The molecule has 2 heterocycles. The predicted octanol–water partition coefficient (Wildman–Crippen LogP) is 3.12. The zero-order valence-corrected chi connectivity index (χ0v) is 13.1. The molecule has 1 aromatic carbocycles. The number of urea groups is 1. The molecule has 2 aliphatic rings. The standard InChI is InChI=1S/C17H22N2O3/c1-3-22-16-8-11(2)4-7-15(16)18-17(21)19-12-5-6-13(19)10-14(20)9-12/h4,7-8,12-13H,3,5-6,9-10H2,1-2H3,(H,18,21). The summed E-state index contributed by atoms with van der Waals surface area (Å²) in [7, 11) is 0. The third kappa shape index (κ3) is 2.80. The molecule has 2 amide bonds. The lowest BCUT2D eigenvalue weighted by molar-refractivity contribution is -0.122. The fourth-order valence-electron chi connectivity index (χ4n) is 3.49. The first-order valence-electron chi connectivity index (χ1n) is 7.93. The summed E-state index contributed by atoms with van der Waals surface area (Å²) in [6.07, 6.45) is 2.85. The number of fused-ring (bicyclic) bond motifs is 2. The fraction of sp³-hybridized carbons (Fsp3) is 0.529. The third-order valence-corrected chi connectivity index (χ3v) is 4.46. The molecule has 0 radical (unpaired) electrons. The Balaban J connectivity index is 1.76. The van der Waals surface area contributed by atoms with Crippen LogP contribution in [0.5, 0.6) is 5.75 Å². The van der Waals surface area contributed by atoms with E-state index < -0.39 is 0 Å². The van der Waals surface area contributed by atoms with Gasteiger partial charge in [-0.15, -0.1) is 0 Å². The van der Waals surface area contributed by atoms with E-state index in [4.69, 9.17) is 4.74 Å². The highest BCUT2D eigenvalue weighted by Crippen LogP contribution is 2.35. The van der Waals surface area contributed by atoms with Gasteiger partial charge >= 0.3 is 6.03 Å². The van der Waals surface area contributed by atoms with Crippen molar-refractivity contribution in [2.45, 2.75) is 51.6 Å². The smallest absolute Gasteiger partial charge is 0.322 e. The fourth-order valence-corrected chi connectivity index (χ4v) is 3.49. The van der Waals surface area contributed by atoms with Crippen LogP contribution in [-0.4, -0.2) is 35.4 Å². The molecule has 118 valence electrons. The molecule has 2 saturated heterocycles. The topological polar surface area (TPSA) is 58.6 Å². The predicted molar refractivity (Wildman–Crippen MR) is 84.3 cm³/mol. The third-order valence-electron chi connectivity index (χ3n) is 4.46. The Kier molecular flexibility index (Phi) is 4.05. The minimum Gasteiger partial charge on any atom is -0.492 e. The number of rotatable bonds is 3. The highest BCUT2D eigenvalue weighted by atomic mass is 16.5. The molecule has 5 heteroatoms. The summed E-state index contributed by atoms with van der Waals surface area (Å²) in [5.74, 6) is 0.971. The van der Waals surface area contributed by atoms with Gasteiger partial charge in [0, 0.05) is 24.9 Å². The second kappa shape index (κ2) is 5.99. The summed E-state index contributed by atoms with van der Waals surface area (Å²) in [6, 6.07) is 5.75. The second-order valence-corrected chi connectivity index (χ2v) is 6.10. The van der Waals surface area contributed by atoms with Crippen molar-refractivity contribution in [1.29, 1.82) is 0 Å². The number of carbonyl (C=O) groups is 2. The highest BCUT2D eigenvalue weighted by Gasteiger charge is 2.42. The van der Waals surface area contributed by atoms with Gasteiger partial charge in [-0.05, 0) is 44.4 Å². The number of amides is 2. The number of nitrogens with zero attached hydrogens (tertiary/aromatic N) is 1. The molecule has 3 rings (SSSR count). The molecule has 0 aromatic heterocycles. The van der Waals surface area contributed by atoms with Gasteiger partial charge in [0.05, 0.1) is 12.3 Å². The first-order chi connectivity index (χ1) is 10.6. The molecule has 5 nitrogen and oxygen atoms in total. The first-order valence-corrected chi connectivity index (χ1v) is 7.93. The molecule has 0 aliphatic carbocycles. The van der Waals surface area contributed by atoms with Gasteiger partial charge in [-0.25, -0.2) is 4.79 Å². The normalized spacial score (nSPS) is 23.5. The quantitative estimate of drug-likeness (QED) is 0.933. The van der Waals surface area contributed by atoms with E-state index in [1.165, 1.54) is 0 Å². The van der Waals surface area contributed by atoms with Crippen LogP contribution in [0.3, 0.4) is 0 Å². The van der Waals surface area contributed by atoms with Gasteiger partial charge in [0.25, 0.3) is 0 Å². The van der Waals surface area contributed by atoms with Crippen molar-refractivity contribution in [3.05, 3.63) is 23.8 Å². The number of piperidine rings is 1. The molecule has 0 spiro atoms. The SMILES string of the molecule is CCOc1cc(C)ccc1NC(=O)N1C2CCC1CC(=O)C2. The lowest BCUT2D eigenvalue weighted by atomic mass is 10.0. The van der Waals surface area contributed by atoms with Crippen molar-refractivity contribution < 1.29 is 14.3 Å². The molecule has 0 saturated carbocycles. The Bertz CT molecular complexity index is 584. The Morgan fingerprint density at radius 1 is 1.32 bits per heavy atom. The van der Waals surface area contributed by atoms with Crippen molar-refractivity contribution in [2.75, 3.05) is 11.9 Å². The Labute approximate surface area is 130 Å². The number of benzene rings is 1. The molecular weight excluding hydrogens is 280 g/mol. The van der Waals surface area contributed by atoms with Crippen LogP contribution in [0.4, 0.5) is 10.5 Å². The van der Waals surface area contributed by atoms with Crippen molar-refractivity contribution in [1.82, 2.24) is 4.90 Å². The van der Waals surface area contributed by atoms with E-state index in [0.717, 1.165) is 18.4 Å². The monoisotopic (exact) mass is 302 g/mol. The molecule has 2 aliphatic heterocycles. The Morgan fingerprint density at radius 3 is 2.64 bits per heavy atom. The Morgan fingerprint density at radius 2 is 2.00 bits per heavy atom. The van der Waals surface area contributed by atoms with Crippen molar-refractivity contribution in [3.63, 3.8) is 0 Å². The summed E-state index contributed by atoms with van der Waals surface area (Å²) in [4.78, 5) is 26.1. The molecular formula is C17H22N2O3. The number of anilines is 1. The van der Waals surface area contributed by atoms with Gasteiger partial charge in [-0.2, -0.15) is 0 Å². The molecule has 2 fully saturated rings. The summed E-state index contributed by atoms with van der Waals surface area (Å²) in [6.45, 7) is 4.46. The zero-order chi connectivity index (χ0) is 15.7. The molecule has 2 bridgehead atoms. The first kappa shape index (κ1) is 14.9. The lowest BCUT2D eigenvalue weighted by Gasteiger charge is -2.34. The maximum atomic E-state index is 12.6. The number of ketones is 1. The number of ether oxygens (including phenoxy) is 1. The summed E-state index contributed by atoms with van der Waals surface area (Å²) in [5, 5.41) is 2.96. The van der Waals surface area contributed by atoms with E-state index in [-0.39, 0.29) is 23.9 Å². The van der Waals surface area contributed by atoms with E-state index in [1.807, 2.05) is 36.9 Å². The zero-order valence-electron chi connectivity index (χ0n) is 13.1. The van der Waals surface area contributed by atoms with Crippen LogP contribution in [0.15, 0.2) is 18.2 Å². The highest BCUT2D eigenvalue weighted by molar-refractivity contribution is 5.93. The van der Waals surface area contributed by atoms with E-state index in [9.17, 15) is 9.59 Å². The molecule has 1 aromatic rings. The number of hydrogen-bond acceptors (Lipinski definition) is 3. The number of aryl methyl sites for hydroxylation is 1. The van der Waals surface area contributed by atoms with E-state index in [0.29, 0.717) is 30.9 Å². The van der Waals surface area contributed by atoms with E-state index >= 15 is 0 Å². The van der Waals surface area contributed by atoms with Crippen LogP contribution in [-0.2, 0) is 4.79 Å². The van der Waals surface area contributed by atoms with Crippen LogP contribution in [0.2, 0.25) is 0 Å². The van der Waals surface area contributed by atoms with Crippen molar-refractivity contribution in [3.8, 4) is 5.75 Å². The number of nitrogens with one attached hydrogen (secondary N) is 1. The maximum absolute atomic E-state index is 12.6. The second-order valence-electron chi connectivity index (χ2n) is 6.10. The van der Waals surface area contributed by atoms with Gasteiger partial charge in [0.15, 0.2) is 0 Å². The largest absolute Gasteiger partial charge is 0.492 e. The molecule has 1 N–H and O–H groups in total. The molecule has 2 unspecified atom stereocenters. The van der Waals surface area contributed by atoms with Gasteiger partial charge in [-0.3, -0.25) is 4.79 Å². The summed E-state index contributed by atoms with van der Waals surface area (Å²) >= 11 is 0. The van der Waals surface area contributed by atoms with Crippen molar-refractivity contribution in [2.24, 2.45) is 0 Å². The van der Waals surface area contributed by atoms with Crippen LogP contribution in [0.25, 0.3) is 0 Å². The van der Waals surface area contributed by atoms with Crippen LogP contribution in [0, 0.1) is 6.92 Å². The minimum atomic E-state index is -0.121. The van der Waals surface area contributed by atoms with Crippen LogP contribution < -0.4 is 10.1 Å². The Hall–Kier alpha value is -2.04. The average molecular weight is 302 g/mol. The van der Waals surface area contributed by atoms with Crippen LogP contribution >= 0.6 is 0 Å². The van der Waals surface area contributed by atoms with E-state index in [2.05, 4.69) is 5.32 Å². The summed E-state index contributed by atoms with van der Waals surface area (Å²) in [5.41, 5.74) is 1.78. The van der Waals surface area contributed by atoms with Gasteiger partial charge in [0.1, 0.15) is 11.5 Å². The van der Waals surface area contributed by atoms with Gasteiger partial charge in [-0.1, -0.05) is 6.07 Å².